The third kappa shape index (κ3) is 6.21. The van der Waals surface area contributed by atoms with Crippen molar-refractivity contribution in [2.24, 2.45) is 0 Å². The molecule has 1 fully saturated rings. The summed E-state index contributed by atoms with van der Waals surface area (Å²) in [4.78, 5) is 39.1. The molecule has 1 N–H and O–H groups in total. The van der Waals surface area contributed by atoms with Gasteiger partial charge in [0.05, 0.1) is 13.0 Å². The summed E-state index contributed by atoms with van der Waals surface area (Å²) >= 11 is 0. The highest BCUT2D eigenvalue weighted by Gasteiger charge is 2.35. The van der Waals surface area contributed by atoms with E-state index in [0.29, 0.717) is 36.8 Å². The molecule has 31 heavy (non-hydrogen) atoms. The topological polar surface area (TPSA) is 94.2 Å². The number of nitrogens with zero attached hydrogens (tertiary/aromatic N) is 1. The van der Waals surface area contributed by atoms with Crippen molar-refractivity contribution in [3.05, 3.63) is 60.2 Å². The Morgan fingerprint density at radius 3 is 2.58 bits per heavy atom. The number of piperazine rings is 1. The summed E-state index contributed by atoms with van der Waals surface area (Å²) in [5.74, 6) is -0.0281. The number of para-hydroxylation sites is 1. The van der Waals surface area contributed by atoms with Crippen LogP contribution in [0.25, 0.3) is 0 Å². The maximum absolute atomic E-state index is 13.0. The first-order chi connectivity index (χ1) is 15.1. The van der Waals surface area contributed by atoms with Gasteiger partial charge in [0.25, 0.3) is 5.91 Å². The number of hydrogen-bond acceptors (Lipinski definition) is 6. The van der Waals surface area contributed by atoms with Crippen LogP contribution in [-0.2, 0) is 14.3 Å². The summed E-state index contributed by atoms with van der Waals surface area (Å²) in [6, 6.07) is 15.0. The van der Waals surface area contributed by atoms with Crippen molar-refractivity contribution in [1.82, 2.24) is 10.2 Å². The van der Waals surface area contributed by atoms with Crippen LogP contribution in [0.4, 0.5) is 0 Å². The molecule has 1 aliphatic heterocycles. The Morgan fingerprint density at radius 2 is 1.81 bits per heavy atom. The van der Waals surface area contributed by atoms with Gasteiger partial charge in [-0.1, -0.05) is 24.3 Å². The van der Waals surface area contributed by atoms with Crippen molar-refractivity contribution < 1.29 is 28.6 Å². The first kappa shape index (κ1) is 22.1. The van der Waals surface area contributed by atoms with Gasteiger partial charge in [-0.2, -0.15) is 0 Å². The fourth-order valence-corrected chi connectivity index (χ4v) is 3.26. The van der Waals surface area contributed by atoms with E-state index in [0.717, 1.165) is 0 Å². The van der Waals surface area contributed by atoms with Gasteiger partial charge in [-0.3, -0.25) is 14.4 Å². The molecule has 2 aromatic rings. The SMILES string of the molecule is CCOc1cccc(C(=O)N2CCNC(=O)C2CC(=O)OCCOc2ccccc2)c1. The number of hydrogen-bond donors (Lipinski definition) is 1. The monoisotopic (exact) mass is 426 g/mol. The summed E-state index contributed by atoms with van der Waals surface area (Å²) in [5, 5.41) is 2.70. The number of benzene rings is 2. The van der Waals surface area contributed by atoms with E-state index in [-0.39, 0.29) is 31.4 Å². The van der Waals surface area contributed by atoms with E-state index in [1.807, 2.05) is 25.1 Å². The third-order valence-electron chi connectivity index (χ3n) is 4.70. The number of amides is 2. The third-order valence-corrected chi connectivity index (χ3v) is 4.70. The Kier molecular flexibility index (Phi) is 7.86. The molecule has 3 rings (SSSR count). The number of esters is 1. The molecule has 1 unspecified atom stereocenters. The van der Waals surface area contributed by atoms with Crippen LogP contribution in [0.5, 0.6) is 11.5 Å². The van der Waals surface area contributed by atoms with Crippen molar-refractivity contribution in [1.29, 1.82) is 0 Å². The highest BCUT2D eigenvalue weighted by Crippen LogP contribution is 2.19. The van der Waals surface area contributed by atoms with E-state index in [2.05, 4.69) is 5.32 Å². The van der Waals surface area contributed by atoms with Crippen molar-refractivity contribution in [2.45, 2.75) is 19.4 Å². The van der Waals surface area contributed by atoms with Gasteiger partial charge in [0.2, 0.25) is 5.91 Å². The molecule has 164 valence electrons. The lowest BCUT2D eigenvalue weighted by Gasteiger charge is -2.34. The molecule has 8 nitrogen and oxygen atoms in total. The summed E-state index contributed by atoms with van der Waals surface area (Å²) in [6.07, 6.45) is -0.228. The fraction of sp³-hybridized carbons (Fsp3) is 0.348. The molecule has 0 spiro atoms. The Morgan fingerprint density at radius 1 is 1.03 bits per heavy atom. The lowest BCUT2D eigenvalue weighted by atomic mass is 10.1. The summed E-state index contributed by atoms with van der Waals surface area (Å²) in [6.45, 7) is 3.21. The van der Waals surface area contributed by atoms with E-state index in [9.17, 15) is 14.4 Å². The van der Waals surface area contributed by atoms with E-state index < -0.39 is 12.0 Å². The van der Waals surface area contributed by atoms with Gasteiger partial charge in [0.15, 0.2) is 0 Å². The lowest BCUT2D eigenvalue weighted by molar-refractivity contribution is -0.148. The Labute approximate surface area is 181 Å². The number of ether oxygens (including phenoxy) is 3. The van der Waals surface area contributed by atoms with Crippen molar-refractivity contribution in [3.8, 4) is 11.5 Å². The van der Waals surface area contributed by atoms with Crippen LogP contribution in [-0.4, -0.2) is 61.6 Å². The Hall–Kier alpha value is -3.55. The van der Waals surface area contributed by atoms with Gasteiger partial charge in [-0.25, -0.2) is 0 Å². The first-order valence-corrected chi connectivity index (χ1v) is 10.2. The highest BCUT2D eigenvalue weighted by atomic mass is 16.6. The number of rotatable bonds is 9. The minimum Gasteiger partial charge on any atom is -0.494 e. The standard InChI is InChI=1S/C23H26N2O6/c1-2-29-19-10-6-7-17(15-19)23(28)25-12-11-24-22(27)20(25)16-21(26)31-14-13-30-18-8-4-3-5-9-18/h3-10,15,20H,2,11-14,16H2,1H3,(H,24,27). The molecular weight excluding hydrogens is 400 g/mol. The fourth-order valence-electron chi connectivity index (χ4n) is 3.26. The Bertz CT molecular complexity index is 902. The van der Waals surface area contributed by atoms with Gasteiger partial charge in [0.1, 0.15) is 30.8 Å². The predicted molar refractivity (Wildman–Crippen MR) is 113 cm³/mol. The zero-order valence-electron chi connectivity index (χ0n) is 17.4. The first-order valence-electron chi connectivity index (χ1n) is 10.2. The zero-order valence-corrected chi connectivity index (χ0v) is 17.4. The van der Waals surface area contributed by atoms with Crippen LogP contribution >= 0.6 is 0 Å². The quantitative estimate of drug-likeness (QED) is 0.487. The zero-order chi connectivity index (χ0) is 22.1. The molecule has 1 aliphatic rings. The van der Waals surface area contributed by atoms with E-state index in [1.165, 1.54) is 4.90 Å². The molecule has 2 amide bonds. The van der Waals surface area contributed by atoms with Crippen LogP contribution in [0.2, 0.25) is 0 Å². The van der Waals surface area contributed by atoms with Crippen LogP contribution in [0, 0.1) is 0 Å². The normalized spacial score (nSPS) is 15.7. The summed E-state index contributed by atoms with van der Waals surface area (Å²) < 4.78 is 16.1. The van der Waals surface area contributed by atoms with Gasteiger partial charge >= 0.3 is 5.97 Å². The summed E-state index contributed by atoms with van der Waals surface area (Å²) in [7, 11) is 0. The maximum atomic E-state index is 13.0. The molecule has 1 heterocycles. The molecule has 0 saturated carbocycles. The van der Waals surface area contributed by atoms with Crippen molar-refractivity contribution in [2.75, 3.05) is 32.9 Å². The molecule has 2 aromatic carbocycles. The van der Waals surface area contributed by atoms with Crippen LogP contribution < -0.4 is 14.8 Å². The molecule has 0 bridgehead atoms. The second kappa shape index (κ2) is 11.0. The van der Waals surface area contributed by atoms with E-state index in [4.69, 9.17) is 14.2 Å². The lowest BCUT2D eigenvalue weighted by Crippen LogP contribution is -2.57. The predicted octanol–water partition coefficient (Wildman–Crippen LogP) is 2.04. The van der Waals surface area contributed by atoms with Crippen molar-refractivity contribution >= 4 is 17.8 Å². The number of carbonyl (C=O) groups excluding carboxylic acids is 3. The number of nitrogens with one attached hydrogen (secondary N) is 1. The molecular formula is C23H26N2O6. The van der Waals surface area contributed by atoms with Gasteiger partial charge in [-0.05, 0) is 37.3 Å². The second-order valence-corrected chi connectivity index (χ2v) is 6.85. The molecule has 0 aliphatic carbocycles. The van der Waals surface area contributed by atoms with Crippen LogP contribution in [0.1, 0.15) is 23.7 Å². The van der Waals surface area contributed by atoms with Gasteiger partial charge in [-0.15, -0.1) is 0 Å². The molecule has 8 heteroatoms. The van der Waals surface area contributed by atoms with E-state index >= 15 is 0 Å². The average molecular weight is 426 g/mol. The number of carbonyl (C=O) groups is 3. The van der Waals surface area contributed by atoms with Gasteiger partial charge in [0, 0.05) is 18.7 Å². The van der Waals surface area contributed by atoms with Crippen LogP contribution in [0.3, 0.4) is 0 Å². The average Bonchev–Trinajstić information content (AvgIpc) is 2.79. The summed E-state index contributed by atoms with van der Waals surface area (Å²) in [5.41, 5.74) is 0.398. The molecule has 0 radical (unpaired) electrons. The van der Waals surface area contributed by atoms with E-state index in [1.54, 1.807) is 36.4 Å². The highest BCUT2D eigenvalue weighted by molar-refractivity contribution is 5.99. The second-order valence-electron chi connectivity index (χ2n) is 6.85. The smallest absolute Gasteiger partial charge is 0.308 e. The minimum absolute atomic E-state index is 0.0480. The van der Waals surface area contributed by atoms with Gasteiger partial charge < -0.3 is 24.4 Å². The van der Waals surface area contributed by atoms with Crippen LogP contribution in [0.15, 0.2) is 54.6 Å². The Balaban J connectivity index is 1.57. The largest absolute Gasteiger partial charge is 0.494 e. The molecule has 1 atom stereocenters. The minimum atomic E-state index is -0.931. The maximum Gasteiger partial charge on any atom is 0.308 e. The molecule has 1 saturated heterocycles. The van der Waals surface area contributed by atoms with Crippen molar-refractivity contribution in [3.63, 3.8) is 0 Å². The molecule has 0 aromatic heterocycles.